The average molecular weight is 514 g/mol. The summed E-state index contributed by atoms with van der Waals surface area (Å²) in [6.45, 7) is 17.9. The number of piperazine rings is 2. The molecule has 8 heteroatoms. The van der Waals surface area contributed by atoms with Crippen LogP contribution in [0.3, 0.4) is 0 Å². The number of rotatable bonds is 12. The smallest absolute Gasteiger partial charge is 0.410 e. The Balaban J connectivity index is 1.14. The predicted octanol–water partition coefficient (Wildman–Crippen LogP) is 4.06. The molecule has 1 amide bonds. The number of amides is 1. The lowest BCUT2D eigenvalue weighted by Gasteiger charge is -2.35. The number of ether oxygens (including phenoxy) is 2. The van der Waals surface area contributed by atoms with E-state index in [0.717, 1.165) is 64.5 Å². The highest BCUT2D eigenvalue weighted by Crippen LogP contribution is 2.14. The average Bonchev–Trinajstić information content (AvgIpc) is 2.89. The monoisotopic (exact) mass is 513 g/mol. The molecule has 2 aliphatic heterocycles. The summed E-state index contributed by atoms with van der Waals surface area (Å²) >= 11 is 0. The number of nitriles is 1. The van der Waals surface area contributed by atoms with Crippen LogP contribution in [0.2, 0.25) is 0 Å². The minimum absolute atomic E-state index is 0.179. The third kappa shape index (κ3) is 11.3. The van der Waals surface area contributed by atoms with Crippen molar-refractivity contribution in [2.75, 3.05) is 78.6 Å². The SMILES string of the molecule is CC(C)(C)OC(=O)N1CCN(CCCCCCN2CCN(CCCOc3ccc(C#N)cc3)CC2)CC1. The van der Waals surface area contributed by atoms with Crippen molar-refractivity contribution in [2.24, 2.45) is 0 Å². The number of nitrogens with zero attached hydrogens (tertiary/aromatic N) is 5. The van der Waals surface area contributed by atoms with Crippen molar-refractivity contribution in [3.8, 4) is 11.8 Å². The van der Waals surface area contributed by atoms with Crippen LogP contribution in [-0.4, -0.2) is 110 Å². The number of hydrogen-bond acceptors (Lipinski definition) is 7. The van der Waals surface area contributed by atoms with E-state index in [9.17, 15) is 4.79 Å². The molecule has 0 aliphatic carbocycles. The Labute approximate surface area is 224 Å². The van der Waals surface area contributed by atoms with E-state index in [1.165, 1.54) is 45.3 Å². The molecule has 2 heterocycles. The minimum atomic E-state index is -0.425. The van der Waals surface area contributed by atoms with Crippen molar-refractivity contribution in [3.05, 3.63) is 29.8 Å². The van der Waals surface area contributed by atoms with E-state index >= 15 is 0 Å². The maximum absolute atomic E-state index is 12.2. The lowest BCUT2D eigenvalue weighted by molar-refractivity contribution is 0.0144. The maximum Gasteiger partial charge on any atom is 0.410 e. The van der Waals surface area contributed by atoms with Crippen LogP contribution in [0.15, 0.2) is 24.3 Å². The Hall–Kier alpha value is -2.34. The molecule has 2 saturated heterocycles. The van der Waals surface area contributed by atoms with Crippen LogP contribution in [0.25, 0.3) is 0 Å². The quantitative estimate of drug-likeness (QED) is 0.390. The molecule has 3 rings (SSSR count). The fourth-order valence-corrected chi connectivity index (χ4v) is 4.85. The van der Waals surface area contributed by atoms with E-state index in [0.29, 0.717) is 12.2 Å². The largest absolute Gasteiger partial charge is 0.494 e. The third-order valence-electron chi connectivity index (χ3n) is 7.06. The fourth-order valence-electron chi connectivity index (χ4n) is 4.85. The van der Waals surface area contributed by atoms with Gasteiger partial charge in [-0.05, 0) is 77.4 Å². The lowest BCUT2D eigenvalue weighted by atomic mass is 10.1. The van der Waals surface area contributed by atoms with Gasteiger partial charge in [0, 0.05) is 58.9 Å². The van der Waals surface area contributed by atoms with Gasteiger partial charge >= 0.3 is 6.09 Å². The molecule has 0 saturated carbocycles. The van der Waals surface area contributed by atoms with Crippen LogP contribution in [-0.2, 0) is 4.74 Å². The van der Waals surface area contributed by atoms with E-state index < -0.39 is 5.60 Å². The summed E-state index contributed by atoms with van der Waals surface area (Å²) in [6.07, 6.45) is 5.95. The highest BCUT2D eigenvalue weighted by atomic mass is 16.6. The predicted molar refractivity (Wildman–Crippen MR) is 147 cm³/mol. The molecule has 37 heavy (non-hydrogen) atoms. The molecule has 0 spiro atoms. The second kappa shape index (κ2) is 15.2. The van der Waals surface area contributed by atoms with Crippen LogP contribution >= 0.6 is 0 Å². The second-order valence-electron chi connectivity index (χ2n) is 11.2. The molecule has 2 aliphatic rings. The first-order valence-corrected chi connectivity index (χ1v) is 14.1. The zero-order valence-corrected chi connectivity index (χ0v) is 23.3. The Bertz CT molecular complexity index is 833. The normalized spacial score (nSPS) is 17.9. The third-order valence-corrected chi connectivity index (χ3v) is 7.06. The Morgan fingerprint density at radius 1 is 0.784 bits per heavy atom. The van der Waals surface area contributed by atoms with Gasteiger partial charge in [-0.15, -0.1) is 0 Å². The van der Waals surface area contributed by atoms with Gasteiger partial charge in [-0.3, -0.25) is 4.90 Å². The zero-order chi connectivity index (χ0) is 26.5. The van der Waals surface area contributed by atoms with Gasteiger partial charge in [0.25, 0.3) is 0 Å². The summed E-state index contributed by atoms with van der Waals surface area (Å²) in [5.41, 5.74) is 0.239. The molecular formula is C29H47N5O3. The van der Waals surface area contributed by atoms with E-state index in [1.807, 2.05) is 37.8 Å². The molecule has 0 unspecified atom stereocenters. The maximum atomic E-state index is 12.2. The summed E-state index contributed by atoms with van der Waals surface area (Å²) in [5, 5.41) is 8.86. The van der Waals surface area contributed by atoms with Crippen LogP contribution in [0.1, 0.15) is 58.4 Å². The van der Waals surface area contributed by atoms with E-state index in [-0.39, 0.29) is 6.09 Å². The first-order chi connectivity index (χ1) is 17.8. The number of carbonyl (C=O) groups excluding carboxylic acids is 1. The van der Waals surface area contributed by atoms with Crippen LogP contribution in [0, 0.1) is 11.3 Å². The lowest BCUT2D eigenvalue weighted by Crippen LogP contribution is -2.50. The van der Waals surface area contributed by atoms with Gasteiger partial charge in [-0.1, -0.05) is 12.8 Å². The summed E-state index contributed by atoms with van der Waals surface area (Å²) in [7, 11) is 0. The highest BCUT2D eigenvalue weighted by molar-refractivity contribution is 5.68. The summed E-state index contributed by atoms with van der Waals surface area (Å²) < 4.78 is 11.3. The highest BCUT2D eigenvalue weighted by Gasteiger charge is 2.25. The van der Waals surface area contributed by atoms with Crippen LogP contribution in [0.5, 0.6) is 5.75 Å². The number of carbonyl (C=O) groups is 1. The van der Waals surface area contributed by atoms with Gasteiger partial charge in [0.05, 0.1) is 18.2 Å². The van der Waals surface area contributed by atoms with Crippen molar-refractivity contribution >= 4 is 6.09 Å². The molecule has 1 aromatic rings. The Kier molecular flexibility index (Phi) is 12.0. The van der Waals surface area contributed by atoms with Gasteiger partial charge in [-0.2, -0.15) is 5.26 Å². The summed E-state index contributed by atoms with van der Waals surface area (Å²) in [6, 6.07) is 9.46. The Morgan fingerprint density at radius 3 is 1.76 bits per heavy atom. The molecule has 2 fully saturated rings. The van der Waals surface area contributed by atoms with Gasteiger partial charge in [-0.25, -0.2) is 4.79 Å². The summed E-state index contributed by atoms with van der Waals surface area (Å²) in [5.74, 6) is 0.838. The number of benzene rings is 1. The molecule has 1 aromatic carbocycles. The van der Waals surface area contributed by atoms with Crippen molar-refractivity contribution < 1.29 is 14.3 Å². The first kappa shape index (κ1) is 29.2. The molecule has 0 N–H and O–H groups in total. The van der Waals surface area contributed by atoms with Gasteiger partial charge in [0.2, 0.25) is 0 Å². The van der Waals surface area contributed by atoms with Crippen LogP contribution in [0.4, 0.5) is 4.79 Å². The fraction of sp³-hybridized carbons (Fsp3) is 0.724. The van der Waals surface area contributed by atoms with Crippen molar-refractivity contribution in [1.82, 2.24) is 19.6 Å². The van der Waals surface area contributed by atoms with Gasteiger partial charge < -0.3 is 24.2 Å². The van der Waals surface area contributed by atoms with Gasteiger partial charge in [0.1, 0.15) is 11.4 Å². The van der Waals surface area contributed by atoms with Crippen molar-refractivity contribution in [3.63, 3.8) is 0 Å². The number of unbranched alkanes of at least 4 members (excludes halogenated alkanes) is 3. The van der Waals surface area contributed by atoms with Crippen LogP contribution < -0.4 is 4.74 Å². The van der Waals surface area contributed by atoms with E-state index in [4.69, 9.17) is 14.7 Å². The Morgan fingerprint density at radius 2 is 1.27 bits per heavy atom. The molecule has 0 bridgehead atoms. The van der Waals surface area contributed by atoms with E-state index in [2.05, 4.69) is 20.8 Å². The molecule has 0 radical (unpaired) electrons. The molecule has 0 atom stereocenters. The molecule has 206 valence electrons. The van der Waals surface area contributed by atoms with Crippen molar-refractivity contribution in [2.45, 2.75) is 58.5 Å². The first-order valence-electron chi connectivity index (χ1n) is 14.1. The van der Waals surface area contributed by atoms with E-state index in [1.54, 1.807) is 12.1 Å². The van der Waals surface area contributed by atoms with Gasteiger partial charge in [0.15, 0.2) is 0 Å². The zero-order valence-electron chi connectivity index (χ0n) is 23.3. The molecule has 8 nitrogen and oxygen atoms in total. The molecular weight excluding hydrogens is 466 g/mol. The summed E-state index contributed by atoms with van der Waals surface area (Å²) in [4.78, 5) is 21.7. The van der Waals surface area contributed by atoms with Crippen molar-refractivity contribution in [1.29, 1.82) is 5.26 Å². The minimum Gasteiger partial charge on any atom is -0.494 e. The standard InChI is InChI=1S/C29H47N5O3/c1-29(2,3)37-28(35)34-22-20-32(21-23-34)14-7-5-4-6-13-31-16-18-33(19-17-31)15-8-24-36-27-11-9-26(25-30)10-12-27/h9-12H,4-8,13-24H2,1-3H3. The topological polar surface area (TPSA) is 72.3 Å². The second-order valence-corrected chi connectivity index (χ2v) is 11.2. The molecule has 0 aromatic heterocycles. The number of hydrogen-bond donors (Lipinski definition) is 0.